The van der Waals surface area contributed by atoms with Gasteiger partial charge in [-0.3, -0.25) is 4.99 Å². The van der Waals surface area contributed by atoms with Crippen molar-refractivity contribution < 1.29 is 0 Å². The van der Waals surface area contributed by atoms with Crippen molar-refractivity contribution in [1.29, 1.82) is 0 Å². The third kappa shape index (κ3) is 2.05. The van der Waals surface area contributed by atoms with Gasteiger partial charge in [-0.2, -0.15) is 0 Å². The molecule has 68 valence electrons. The summed E-state index contributed by atoms with van der Waals surface area (Å²) in [7, 11) is 1.81. The topological polar surface area (TPSA) is 12.4 Å². The Balaban J connectivity index is 3.22. The van der Waals surface area contributed by atoms with E-state index in [9.17, 15) is 0 Å². The molecule has 1 nitrogen and oxygen atoms in total. The smallest absolute Gasteiger partial charge is 0.0646 e. The van der Waals surface area contributed by atoms with Gasteiger partial charge in [0.15, 0.2) is 0 Å². The van der Waals surface area contributed by atoms with Crippen LogP contribution in [0.4, 0.5) is 0 Å². The van der Waals surface area contributed by atoms with Gasteiger partial charge in [-0.05, 0) is 31.6 Å². The second kappa shape index (κ2) is 4.04. The lowest BCUT2D eigenvalue weighted by atomic mass is 9.96. The Bertz CT molecular complexity index is 338. The predicted molar refractivity (Wildman–Crippen MR) is 59.2 cm³/mol. The van der Waals surface area contributed by atoms with Crippen LogP contribution >= 0.6 is 0 Å². The molecule has 0 aliphatic heterocycles. The van der Waals surface area contributed by atoms with Crippen LogP contribution in [0.15, 0.2) is 52.6 Å². The summed E-state index contributed by atoms with van der Waals surface area (Å²) < 4.78 is 0. The number of nitrogens with zero attached hydrogens (tertiary/aromatic N) is 1. The molecule has 0 bridgehead atoms. The molecule has 0 radical (unpaired) electrons. The molecule has 1 aliphatic rings. The summed E-state index contributed by atoms with van der Waals surface area (Å²) in [4.78, 5) is 4.21. The Morgan fingerprint density at radius 2 is 2.15 bits per heavy atom. The lowest BCUT2D eigenvalue weighted by Gasteiger charge is -2.10. The second-order valence-electron chi connectivity index (χ2n) is 3.13. The van der Waals surface area contributed by atoms with Gasteiger partial charge in [0.25, 0.3) is 0 Å². The van der Waals surface area contributed by atoms with E-state index in [0.717, 1.165) is 5.71 Å². The van der Waals surface area contributed by atoms with E-state index in [1.807, 2.05) is 19.2 Å². The lowest BCUT2D eigenvalue weighted by Crippen LogP contribution is -2.03. The van der Waals surface area contributed by atoms with Gasteiger partial charge < -0.3 is 0 Å². The summed E-state index contributed by atoms with van der Waals surface area (Å²) in [5.74, 6) is 0. The van der Waals surface area contributed by atoms with Crippen LogP contribution in [-0.4, -0.2) is 12.8 Å². The third-order valence-electron chi connectivity index (χ3n) is 2.12. The van der Waals surface area contributed by atoms with Crippen molar-refractivity contribution >= 4 is 5.71 Å². The van der Waals surface area contributed by atoms with Crippen molar-refractivity contribution in [2.24, 2.45) is 4.99 Å². The van der Waals surface area contributed by atoms with E-state index in [-0.39, 0.29) is 0 Å². The van der Waals surface area contributed by atoms with Gasteiger partial charge in [0, 0.05) is 12.6 Å². The molecule has 0 aromatic rings. The summed E-state index contributed by atoms with van der Waals surface area (Å²) in [6.45, 7) is 7.90. The fourth-order valence-electron chi connectivity index (χ4n) is 1.27. The zero-order valence-electron chi connectivity index (χ0n) is 8.46. The molecule has 0 heterocycles. The summed E-state index contributed by atoms with van der Waals surface area (Å²) in [6.07, 6.45) is 8.11. The minimum Gasteiger partial charge on any atom is -0.288 e. The molecule has 0 spiro atoms. The van der Waals surface area contributed by atoms with Crippen LogP contribution in [0, 0.1) is 0 Å². The fraction of sp³-hybridized carbons (Fsp3) is 0.250. The highest BCUT2D eigenvalue weighted by molar-refractivity contribution is 6.12. The fourth-order valence-corrected chi connectivity index (χ4v) is 1.27. The average molecular weight is 173 g/mol. The standard InChI is InChI=1S/C12H15N/c1-5-10(3)11-8-9(2)6-7-12(11)13-4/h5-8H,1H2,2-4H3/b11-10-,13-12?. The van der Waals surface area contributed by atoms with Crippen LogP contribution in [0.1, 0.15) is 13.8 Å². The van der Waals surface area contributed by atoms with Gasteiger partial charge in [0.1, 0.15) is 0 Å². The lowest BCUT2D eigenvalue weighted by molar-refractivity contribution is 1.37. The Morgan fingerprint density at radius 1 is 1.46 bits per heavy atom. The van der Waals surface area contributed by atoms with E-state index in [1.54, 1.807) is 0 Å². The highest BCUT2D eigenvalue weighted by Gasteiger charge is 2.07. The van der Waals surface area contributed by atoms with Crippen LogP contribution in [0.5, 0.6) is 0 Å². The van der Waals surface area contributed by atoms with E-state index in [0.29, 0.717) is 0 Å². The van der Waals surface area contributed by atoms with E-state index < -0.39 is 0 Å². The Labute approximate surface area is 79.9 Å². The summed E-state index contributed by atoms with van der Waals surface area (Å²) in [5, 5.41) is 0. The van der Waals surface area contributed by atoms with Gasteiger partial charge in [0.2, 0.25) is 0 Å². The van der Waals surface area contributed by atoms with Crippen molar-refractivity contribution in [2.45, 2.75) is 13.8 Å². The van der Waals surface area contributed by atoms with E-state index in [1.165, 1.54) is 16.7 Å². The van der Waals surface area contributed by atoms with Crippen LogP contribution < -0.4 is 0 Å². The SMILES string of the molecule is C=C/C(C)=C1/C=C(C)C=CC1=NC. The molecular formula is C12H15N. The molecule has 0 saturated heterocycles. The van der Waals surface area contributed by atoms with E-state index in [2.05, 4.69) is 37.6 Å². The second-order valence-corrected chi connectivity index (χ2v) is 3.13. The molecule has 0 unspecified atom stereocenters. The number of hydrogen-bond donors (Lipinski definition) is 0. The Morgan fingerprint density at radius 3 is 2.69 bits per heavy atom. The summed E-state index contributed by atoms with van der Waals surface area (Å²) in [6, 6.07) is 0. The third-order valence-corrected chi connectivity index (χ3v) is 2.12. The molecule has 1 rings (SSSR count). The van der Waals surface area contributed by atoms with Gasteiger partial charge in [-0.1, -0.05) is 24.3 Å². The molecule has 1 aliphatic carbocycles. The molecule has 0 fully saturated rings. The predicted octanol–water partition coefficient (Wildman–Crippen LogP) is 3.08. The normalized spacial score (nSPS) is 23.0. The summed E-state index contributed by atoms with van der Waals surface area (Å²) >= 11 is 0. The first-order chi connectivity index (χ1) is 6.19. The van der Waals surface area contributed by atoms with Crippen LogP contribution in [0.3, 0.4) is 0 Å². The maximum Gasteiger partial charge on any atom is 0.0646 e. The van der Waals surface area contributed by atoms with Crippen molar-refractivity contribution in [2.75, 3.05) is 7.05 Å². The Kier molecular flexibility index (Phi) is 3.02. The first-order valence-electron chi connectivity index (χ1n) is 4.36. The van der Waals surface area contributed by atoms with Crippen molar-refractivity contribution in [3.63, 3.8) is 0 Å². The zero-order chi connectivity index (χ0) is 9.84. The van der Waals surface area contributed by atoms with Gasteiger partial charge in [-0.15, -0.1) is 0 Å². The van der Waals surface area contributed by atoms with E-state index >= 15 is 0 Å². The maximum absolute atomic E-state index is 4.21. The first-order valence-corrected chi connectivity index (χ1v) is 4.36. The van der Waals surface area contributed by atoms with Gasteiger partial charge >= 0.3 is 0 Å². The number of rotatable bonds is 1. The van der Waals surface area contributed by atoms with Gasteiger partial charge in [0.05, 0.1) is 5.71 Å². The molecule has 0 aromatic carbocycles. The van der Waals surface area contributed by atoms with Crippen LogP contribution in [-0.2, 0) is 0 Å². The van der Waals surface area contributed by atoms with E-state index in [4.69, 9.17) is 0 Å². The minimum atomic E-state index is 1.03. The summed E-state index contributed by atoms with van der Waals surface area (Å²) in [5.41, 5.74) is 4.63. The molecule has 0 atom stereocenters. The maximum atomic E-state index is 4.21. The highest BCUT2D eigenvalue weighted by atomic mass is 14.7. The van der Waals surface area contributed by atoms with Crippen molar-refractivity contribution in [3.05, 3.63) is 47.6 Å². The van der Waals surface area contributed by atoms with Crippen LogP contribution in [0.2, 0.25) is 0 Å². The molecule has 0 aromatic heterocycles. The molecule has 0 saturated carbocycles. The quantitative estimate of drug-likeness (QED) is 0.578. The number of hydrogen-bond acceptors (Lipinski definition) is 1. The molecule has 0 N–H and O–H groups in total. The molecular weight excluding hydrogens is 158 g/mol. The van der Waals surface area contributed by atoms with Crippen LogP contribution in [0.25, 0.3) is 0 Å². The Hall–Kier alpha value is -1.37. The highest BCUT2D eigenvalue weighted by Crippen LogP contribution is 2.17. The average Bonchev–Trinajstić information content (AvgIpc) is 2.16. The molecule has 0 amide bonds. The molecule has 1 heteroatoms. The molecule has 13 heavy (non-hydrogen) atoms. The number of aliphatic imine (C=N–C) groups is 1. The number of allylic oxidation sites excluding steroid dienone is 7. The van der Waals surface area contributed by atoms with Crippen molar-refractivity contribution in [3.8, 4) is 0 Å². The minimum absolute atomic E-state index is 1.03. The monoisotopic (exact) mass is 173 g/mol. The zero-order valence-corrected chi connectivity index (χ0v) is 8.46. The first kappa shape index (κ1) is 9.72. The largest absolute Gasteiger partial charge is 0.288 e. The van der Waals surface area contributed by atoms with Crippen molar-refractivity contribution in [1.82, 2.24) is 0 Å². The van der Waals surface area contributed by atoms with Gasteiger partial charge in [-0.25, -0.2) is 0 Å².